The average Bonchev–Trinajstić information content (AvgIpc) is 2.99. The highest BCUT2D eigenvalue weighted by molar-refractivity contribution is 6.34. The molecule has 1 unspecified atom stereocenters. The van der Waals surface area contributed by atoms with E-state index in [0.717, 1.165) is 40.7 Å². The molecule has 18 heavy (non-hydrogen) atoms. The molecule has 0 radical (unpaired) electrons. The fraction of sp³-hybridized carbons (Fsp3) is 0.308. The van der Waals surface area contributed by atoms with Gasteiger partial charge in [0.2, 0.25) is 0 Å². The number of nitrogens with zero attached hydrogens (tertiary/aromatic N) is 1. The molecule has 3 rings (SSSR count). The summed E-state index contributed by atoms with van der Waals surface area (Å²) in [6, 6.07) is 8.20. The molecule has 0 aliphatic carbocycles. The van der Waals surface area contributed by atoms with Crippen molar-refractivity contribution in [3.8, 4) is 11.3 Å². The second-order valence-electron chi connectivity index (χ2n) is 4.75. The summed E-state index contributed by atoms with van der Waals surface area (Å²) in [7, 11) is 2.06. The summed E-state index contributed by atoms with van der Waals surface area (Å²) in [6.45, 7) is 1.08. The summed E-state index contributed by atoms with van der Waals surface area (Å²) in [4.78, 5) is 8.12. The molecular formula is C13H15BClN3. The molecule has 0 amide bonds. The molecule has 2 N–H and O–H groups in total. The third kappa shape index (κ3) is 2.18. The predicted octanol–water partition coefficient (Wildman–Crippen LogP) is 1.41. The summed E-state index contributed by atoms with van der Waals surface area (Å²) in [5, 5.41) is 4.21. The Bertz CT molecular complexity index is 544. The van der Waals surface area contributed by atoms with E-state index >= 15 is 0 Å². The molecule has 1 saturated heterocycles. The second-order valence-corrected chi connectivity index (χ2v) is 5.19. The number of aromatic amines is 1. The number of hydrogen-bond acceptors (Lipinski definition) is 2. The zero-order valence-electron chi connectivity index (χ0n) is 10.3. The number of benzene rings is 1. The number of H-pyrrole nitrogens is 1. The first kappa shape index (κ1) is 11.8. The monoisotopic (exact) mass is 259 g/mol. The molecule has 2 heterocycles. The van der Waals surface area contributed by atoms with Crippen LogP contribution in [0.1, 0.15) is 24.7 Å². The summed E-state index contributed by atoms with van der Waals surface area (Å²) in [5.74, 6) is 1.05. The van der Waals surface area contributed by atoms with Crippen molar-refractivity contribution in [2.45, 2.75) is 18.9 Å². The molecule has 1 fully saturated rings. The molecule has 0 spiro atoms. The minimum atomic E-state index is 0.379. The first-order chi connectivity index (χ1) is 8.74. The van der Waals surface area contributed by atoms with E-state index in [0.29, 0.717) is 6.04 Å². The molecule has 2 aromatic rings. The van der Waals surface area contributed by atoms with Gasteiger partial charge in [-0.1, -0.05) is 23.7 Å². The van der Waals surface area contributed by atoms with E-state index in [1.807, 2.05) is 24.3 Å². The van der Waals surface area contributed by atoms with Crippen molar-refractivity contribution in [2.24, 2.45) is 0 Å². The topological polar surface area (TPSA) is 40.7 Å². The van der Waals surface area contributed by atoms with E-state index < -0.39 is 0 Å². The van der Waals surface area contributed by atoms with Crippen LogP contribution < -0.4 is 10.9 Å². The van der Waals surface area contributed by atoms with E-state index in [9.17, 15) is 0 Å². The highest BCUT2D eigenvalue weighted by Crippen LogP contribution is 2.23. The van der Waals surface area contributed by atoms with E-state index in [4.69, 9.17) is 16.6 Å². The first-order valence-corrected chi connectivity index (χ1v) is 6.67. The fourth-order valence-corrected chi connectivity index (χ4v) is 2.58. The average molecular weight is 260 g/mol. The lowest BCUT2D eigenvalue weighted by atomic mass is 9.98. The summed E-state index contributed by atoms with van der Waals surface area (Å²) in [6.07, 6.45) is 2.38. The van der Waals surface area contributed by atoms with Crippen LogP contribution in [-0.4, -0.2) is 24.4 Å². The van der Waals surface area contributed by atoms with Gasteiger partial charge in [0.05, 0.1) is 11.7 Å². The minimum absolute atomic E-state index is 0.379. The van der Waals surface area contributed by atoms with Crippen molar-refractivity contribution >= 4 is 25.0 Å². The summed E-state index contributed by atoms with van der Waals surface area (Å²) in [5.41, 5.74) is 3.24. The van der Waals surface area contributed by atoms with Gasteiger partial charge in [-0.15, -0.1) is 0 Å². The second kappa shape index (κ2) is 4.79. The highest BCUT2D eigenvalue weighted by Gasteiger charge is 2.20. The van der Waals surface area contributed by atoms with Gasteiger partial charge in [0.25, 0.3) is 0 Å². The first-order valence-electron chi connectivity index (χ1n) is 6.30. The highest BCUT2D eigenvalue weighted by atomic mass is 35.5. The van der Waals surface area contributed by atoms with Crippen molar-refractivity contribution in [3.05, 3.63) is 35.1 Å². The molecule has 0 bridgehead atoms. The van der Waals surface area contributed by atoms with Crippen LogP contribution >= 0.6 is 11.6 Å². The van der Waals surface area contributed by atoms with E-state index in [-0.39, 0.29) is 0 Å². The standard InChI is InChI=1S/C13H15BClN3/c14-12-11(8-3-5-9(15)6-4-8)17-13(18-12)10-2-1-7-16-10/h3-6,10,16H,1-2,7,14H2,(H,17,18). The van der Waals surface area contributed by atoms with Crippen LogP contribution in [0.4, 0.5) is 0 Å². The molecule has 5 heteroatoms. The van der Waals surface area contributed by atoms with Crippen LogP contribution in [0.3, 0.4) is 0 Å². The van der Waals surface area contributed by atoms with Crippen LogP contribution in [0.5, 0.6) is 0 Å². The maximum absolute atomic E-state index is 5.91. The maximum Gasteiger partial charge on any atom is 0.163 e. The lowest BCUT2D eigenvalue weighted by molar-refractivity contribution is 0.613. The maximum atomic E-state index is 5.91. The van der Waals surface area contributed by atoms with Gasteiger partial charge in [0, 0.05) is 10.6 Å². The number of imidazole rings is 1. The smallest absolute Gasteiger partial charge is 0.163 e. The Kier molecular flexibility index (Phi) is 3.14. The zero-order chi connectivity index (χ0) is 12.5. The SMILES string of the molecule is Bc1[nH]c(C2CCCN2)nc1-c1ccc(Cl)cc1. The van der Waals surface area contributed by atoms with Gasteiger partial charge < -0.3 is 10.3 Å². The molecule has 1 aromatic heterocycles. The van der Waals surface area contributed by atoms with E-state index in [1.165, 1.54) is 6.42 Å². The number of halogens is 1. The quantitative estimate of drug-likeness (QED) is 0.801. The number of rotatable bonds is 2. The molecule has 1 aromatic carbocycles. The lowest BCUT2D eigenvalue weighted by Gasteiger charge is -2.05. The normalized spacial score (nSPS) is 19.3. The van der Waals surface area contributed by atoms with Crippen LogP contribution in [0.15, 0.2) is 24.3 Å². The Morgan fingerprint density at radius 1 is 1.28 bits per heavy atom. The van der Waals surface area contributed by atoms with Crippen molar-refractivity contribution in [1.82, 2.24) is 15.3 Å². The molecule has 3 nitrogen and oxygen atoms in total. The Labute approximate surface area is 112 Å². The molecule has 92 valence electrons. The van der Waals surface area contributed by atoms with Crippen molar-refractivity contribution in [1.29, 1.82) is 0 Å². The third-order valence-electron chi connectivity index (χ3n) is 3.41. The lowest BCUT2D eigenvalue weighted by Crippen LogP contribution is -2.15. The van der Waals surface area contributed by atoms with Gasteiger partial charge >= 0.3 is 0 Å². The Balaban J connectivity index is 1.94. The summed E-state index contributed by atoms with van der Waals surface area (Å²) >= 11 is 5.91. The van der Waals surface area contributed by atoms with Gasteiger partial charge in [-0.25, -0.2) is 4.98 Å². The van der Waals surface area contributed by atoms with Gasteiger partial charge in [-0.3, -0.25) is 0 Å². The van der Waals surface area contributed by atoms with Crippen LogP contribution in [0.25, 0.3) is 11.3 Å². The van der Waals surface area contributed by atoms with Crippen LogP contribution in [0, 0.1) is 0 Å². The number of hydrogen-bond donors (Lipinski definition) is 2. The minimum Gasteiger partial charge on any atom is -0.353 e. The zero-order valence-corrected chi connectivity index (χ0v) is 11.1. The van der Waals surface area contributed by atoms with Crippen molar-refractivity contribution in [3.63, 3.8) is 0 Å². The third-order valence-corrected chi connectivity index (χ3v) is 3.66. The van der Waals surface area contributed by atoms with Gasteiger partial charge in [-0.2, -0.15) is 0 Å². The molecule has 1 atom stereocenters. The van der Waals surface area contributed by atoms with Gasteiger partial charge in [0.15, 0.2) is 7.85 Å². The number of aromatic nitrogens is 2. The van der Waals surface area contributed by atoms with Crippen LogP contribution in [0.2, 0.25) is 5.02 Å². The Morgan fingerprint density at radius 3 is 2.72 bits per heavy atom. The Hall–Kier alpha value is -1.26. The van der Waals surface area contributed by atoms with E-state index in [2.05, 4.69) is 18.1 Å². The van der Waals surface area contributed by atoms with Crippen molar-refractivity contribution in [2.75, 3.05) is 6.54 Å². The van der Waals surface area contributed by atoms with Crippen molar-refractivity contribution < 1.29 is 0 Å². The van der Waals surface area contributed by atoms with Gasteiger partial charge in [-0.05, 0) is 37.1 Å². The fourth-order valence-electron chi connectivity index (χ4n) is 2.46. The Morgan fingerprint density at radius 2 is 2.06 bits per heavy atom. The molecule has 1 aliphatic heterocycles. The largest absolute Gasteiger partial charge is 0.353 e. The molecule has 0 saturated carbocycles. The molecule has 1 aliphatic rings. The van der Waals surface area contributed by atoms with E-state index in [1.54, 1.807) is 0 Å². The molecular weight excluding hydrogens is 244 g/mol. The number of nitrogens with one attached hydrogen (secondary N) is 2. The van der Waals surface area contributed by atoms with Crippen LogP contribution in [-0.2, 0) is 0 Å². The summed E-state index contributed by atoms with van der Waals surface area (Å²) < 4.78 is 0. The van der Waals surface area contributed by atoms with Gasteiger partial charge in [0.1, 0.15) is 5.82 Å². The predicted molar refractivity (Wildman–Crippen MR) is 77.2 cm³/mol.